The molecule has 1 amide bonds. The molecule has 1 atom stereocenters. The van der Waals surface area contributed by atoms with Crippen LogP contribution in [0.5, 0.6) is 0 Å². The van der Waals surface area contributed by atoms with Gasteiger partial charge in [-0.05, 0) is 70.7 Å². The lowest BCUT2D eigenvalue weighted by Crippen LogP contribution is -2.47. The zero-order chi connectivity index (χ0) is 17.8. The SMILES string of the molecule is CC(C)N1CCC(C(=O)N2CCC(C(O)c3ccccn3)CC2)CC1. The standard InChI is InChI=1S/C20H31N3O2/c1-15(2)22-11-8-17(9-12-22)20(25)23-13-6-16(7-14-23)19(24)18-5-3-4-10-21-18/h3-5,10,15-17,19,24H,6-9,11-14H2,1-2H3. The normalized spacial score (nSPS) is 22.3. The largest absolute Gasteiger partial charge is 0.387 e. The van der Waals surface area contributed by atoms with Crippen molar-refractivity contribution in [3.63, 3.8) is 0 Å². The summed E-state index contributed by atoms with van der Waals surface area (Å²) in [5.41, 5.74) is 0.744. The summed E-state index contributed by atoms with van der Waals surface area (Å²) in [6.07, 6.45) is 4.87. The van der Waals surface area contributed by atoms with Crippen molar-refractivity contribution < 1.29 is 9.90 Å². The maximum Gasteiger partial charge on any atom is 0.225 e. The van der Waals surface area contributed by atoms with Gasteiger partial charge in [0, 0.05) is 31.2 Å². The Morgan fingerprint density at radius 1 is 1.12 bits per heavy atom. The third-order valence-electron chi connectivity index (χ3n) is 5.90. The van der Waals surface area contributed by atoms with Gasteiger partial charge in [-0.15, -0.1) is 0 Å². The number of piperidine rings is 2. The topological polar surface area (TPSA) is 56.7 Å². The number of carbonyl (C=O) groups is 1. The van der Waals surface area contributed by atoms with Gasteiger partial charge in [-0.25, -0.2) is 0 Å². The van der Waals surface area contributed by atoms with E-state index in [0.717, 1.165) is 57.6 Å². The van der Waals surface area contributed by atoms with Crippen LogP contribution in [0.15, 0.2) is 24.4 Å². The van der Waals surface area contributed by atoms with Crippen LogP contribution in [0.3, 0.4) is 0 Å². The van der Waals surface area contributed by atoms with Gasteiger partial charge in [0.25, 0.3) is 0 Å². The summed E-state index contributed by atoms with van der Waals surface area (Å²) in [5, 5.41) is 10.5. The molecule has 138 valence electrons. The smallest absolute Gasteiger partial charge is 0.225 e. The lowest BCUT2D eigenvalue weighted by molar-refractivity contribution is -0.139. The number of aliphatic hydroxyl groups is 1. The highest BCUT2D eigenvalue weighted by Gasteiger charge is 2.33. The molecule has 5 heteroatoms. The van der Waals surface area contributed by atoms with Crippen LogP contribution < -0.4 is 0 Å². The van der Waals surface area contributed by atoms with Crippen LogP contribution in [0, 0.1) is 11.8 Å². The van der Waals surface area contributed by atoms with Crippen molar-refractivity contribution in [1.29, 1.82) is 0 Å². The summed E-state index contributed by atoms with van der Waals surface area (Å²) in [5.74, 6) is 0.711. The molecule has 0 bridgehead atoms. The minimum absolute atomic E-state index is 0.187. The maximum absolute atomic E-state index is 12.8. The number of carbonyl (C=O) groups excluding carboxylic acids is 1. The first-order valence-electron chi connectivity index (χ1n) is 9.68. The Labute approximate surface area is 151 Å². The number of pyridine rings is 1. The van der Waals surface area contributed by atoms with Crippen LogP contribution in [0.25, 0.3) is 0 Å². The Kier molecular flexibility index (Phi) is 6.07. The predicted octanol–water partition coefficient (Wildman–Crippen LogP) is 2.47. The molecule has 0 aromatic carbocycles. The van der Waals surface area contributed by atoms with Gasteiger partial charge < -0.3 is 14.9 Å². The first-order valence-corrected chi connectivity index (χ1v) is 9.68. The number of amides is 1. The van der Waals surface area contributed by atoms with Gasteiger partial charge in [-0.3, -0.25) is 9.78 Å². The summed E-state index contributed by atoms with van der Waals surface area (Å²) >= 11 is 0. The monoisotopic (exact) mass is 345 g/mol. The highest BCUT2D eigenvalue weighted by Crippen LogP contribution is 2.31. The summed E-state index contributed by atoms with van der Waals surface area (Å²) in [7, 11) is 0. The first kappa shape index (κ1) is 18.3. The maximum atomic E-state index is 12.8. The minimum Gasteiger partial charge on any atom is -0.387 e. The molecule has 2 saturated heterocycles. The summed E-state index contributed by atoms with van der Waals surface area (Å²) in [4.78, 5) is 21.6. The average Bonchev–Trinajstić information content (AvgIpc) is 2.67. The van der Waals surface area contributed by atoms with Crippen LogP contribution in [-0.4, -0.2) is 58.0 Å². The summed E-state index contributed by atoms with van der Waals surface area (Å²) < 4.78 is 0. The molecule has 2 aliphatic heterocycles. The fourth-order valence-electron chi connectivity index (χ4n) is 4.15. The van der Waals surface area contributed by atoms with Crippen LogP contribution >= 0.6 is 0 Å². The summed E-state index contributed by atoms with van der Waals surface area (Å²) in [6, 6.07) is 6.22. The van der Waals surface area contributed by atoms with E-state index >= 15 is 0 Å². The second-order valence-corrected chi connectivity index (χ2v) is 7.77. The van der Waals surface area contributed by atoms with Crippen molar-refractivity contribution in [2.24, 2.45) is 11.8 Å². The van der Waals surface area contributed by atoms with E-state index in [-0.39, 0.29) is 11.8 Å². The Morgan fingerprint density at radius 2 is 1.80 bits per heavy atom. The molecule has 3 rings (SSSR count). The van der Waals surface area contributed by atoms with E-state index in [1.54, 1.807) is 6.20 Å². The molecule has 3 heterocycles. The third kappa shape index (κ3) is 4.39. The molecular weight excluding hydrogens is 314 g/mol. The third-order valence-corrected chi connectivity index (χ3v) is 5.90. The van der Waals surface area contributed by atoms with Gasteiger partial charge >= 0.3 is 0 Å². The van der Waals surface area contributed by atoms with E-state index in [2.05, 4.69) is 23.7 Å². The number of likely N-dealkylation sites (tertiary alicyclic amines) is 2. The molecular formula is C20H31N3O2. The molecule has 1 aromatic rings. The molecule has 0 radical (unpaired) electrons. The highest BCUT2D eigenvalue weighted by atomic mass is 16.3. The number of hydrogen-bond acceptors (Lipinski definition) is 4. The van der Waals surface area contributed by atoms with Gasteiger partial charge in [-0.2, -0.15) is 0 Å². The minimum atomic E-state index is -0.521. The van der Waals surface area contributed by atoms with Crippen LogP contribution in [-0.2, 0) is 4.79 Å². The molecule has 1 aromatic heterocycles. The number of nitrogens with zero attached hydrogens (tertiary/aromatic N) is 3. The van der Waals surface area contributed by atoms with Gasteiger partial charge in [0.1, 0.15) is 0 Å². The Bertz CT molecular complexity index is 547. The second kappa shape index (κ2) is 8.28. The Balaban J connectivity index is 1.48. The molecule has 25 heavy (non-hydrogen) atoms. The lowest BCUT2D eigenvalue weighted by Gasteiger charge is -2.39. The average molecular weight is 345 g/mol. The van der Waals surface area contributed by atoms with Crippen LogP contribution in [0.1, 0.15) is 51.3 Å². The first-order chi connectivity index (χ1) is 12.1. The molecule has 1 unspecified atom stereocenters. The molecule has 5 nitrogen and oxygen atoms in total. The van der Waals surface area contributed by atoms with Crippen molar-refractivity contribution >= 4 is 5.91 Å². The van der Waals surface area contributed by atoms with Crippen molar-refractivity contribution in [1.82, 2.24) is 14.8 Å². The summed E-state index contributed by atoms with van der Waals surface area (Å²) in [6.45, 7) is 8.03. The van der Waals surface area contributed by atoms with E-state index in [1.165, 1.54) is 0 Å². The fourth-order valence-corrected chi connectivity index (χ4v) is 4.15. The molecule has 0 aliphatic carbocycles. The Hall–Kier alpha value is -1.46. The van der Waals surface area contributed by atoms with E-state index in [1.807, 2.05) is 23.1 Å². The molecule has 2 fully saturated rings. The predicted molar refractivity (Wildman–Crippen MR) is 97.9 cm³/mol. The van der Waals surface area contributed by atoms with E-state index in [9.17, 15) is 9.90 Å². The second-order valence-electron chi connectivity index (χ2n) is 7.77. The van der Waals surface area contributed by atoms with Gasteiger partial charge in [0.2, 0.25) is 5.91 Å². The van der Waals surface area contributed by atoms with E-state index < -0.39 is 6.10 Å². The van der Waals surface area contributed by atoms with Gasteiger partial charge in [-0.1, -0.05) is 6.07 Å². The zero-order valence-electron chi connectivity index (χ0n) is 15.5. The molecule has 2 aliphatic rings. The van der Waals surface area contributed by atoms with Crippen molar-refractivity contribution in [3.8, 4) is 0 Å². The highest BCUT2D eigenvalue weighted by molar-refractivity contribution is 5.79. The lowest BCUT2D eigenvalue weighted by atomic mass is 9.88. The van der Waals surface area contributed by atoms with E-state index in [4.69, 9.17) is 0 Å². The van der Waals surface area contributed by atoms with Crippen LogP contribution in [0.2, 0.25) is 0 Å². The number of rotatable bonds is 4. The van der Waals surface area contributed by atoms with Crippen LogP contribution in [0.4, 0.5) is 0 Å². The van der Waals surface area contributed by atoms with Crippen molar-refractivity contribution in [2.75, 3.05) is 26.2 Å². The fraction of sp³-hybridized carbons (Fsp3) is 0.700. The molecule has 0 spiro atoms. The molecule has 1 N–H and O–H groups in total. The quantitative estimate of drug-likeness (QED) is 0.911. The Morgan fingerprint density at radius 3 is 2.36 bits per heavy atom. The molecule has 0 saturated carbocycles. The number of aromatic nitrogens is 1. The van der Waals surface area contributed by atoms with Gasteiger partial charge in [0.05, 0.1) is 11.8 Å². The van der Waals surface area contributed by atoms with E-state index in [0.29, 0.717) is 11.9 Å². The number of hydrogen-bond donors (Lipinski definition) is 1. The van der Waals surface area contributed by atoms with Crippen molar-refractivity contribution in [3.05, 3.63) is 30.1 Å². The zero-order valence-corrected chi connectivity index (χ0v) is 15.5. The van der Waals surface area contributed by atoms with Gasteiger partial charge in [0.15, 0.2) is 0 Å². The number of aliphatic hydroxyl groups excluding tert-OH is 1. The van der Waals surface area contributed by atoms with Crippen molar-refractivity contribution in [2.45, 2.75) is 51.7 Å².